The van der Waals surface area contributed by atoms with E-state index >= 15 is 0 Å². The molecule has 0 saturated heterocycles. The van der Waals surface area contributed by atoms with E-state index in [2.05, 4.69) is 5.32 Å². The van der Waals surface area contributed by atoms with Gasteiger partial charge in [0, 0.05) is 19.4 Å². The first kappa shape index (κ1) is 20.2. The molecule has 0 saturated carbocycles. The standard InChI is InChI=1S/C15H27NO6/c1-6-9(3)10(4)12(8-13(17)18)16-15(20)22-11(5)21-14(19)7-2/h9-12H,6-8H2,1-5H3,(H,16,20)(H,17,18)/t9-,10-,11-,12-/m1/s1. The molecule has 0 rings (SSSR count). The Hall–Kier alpha value is -1.79. The smallest absolute Gasteiger partial charge is 0.410 e. The zero-order valence-electron chi connectivity index (χ0n) is 13.9. The summed E-state index contributed by atoms with van der Waals surface area (Å²) in [4.78, 5) is 33.9. The Morgan fingerprint density at radius 3 is 2.14 bits per heavy atom. The van der Waals surface area contributed by atoms with Gasteiger partial charge in [-0.15, -0.1) is 0 Å². The highest BCUT2D eigenvalue weighted by molar-refractivity contribution is 5.72. The van der Waals surface area contributed by atoms with E-state index in [4.69, 9.17) is 14.6 Å². The van der Waals surface area contributed by atoms with Crippen LogP contribution in [0.1, 0.15) is 53.9 Å². The van der Waals surface area contributed by atoms with Gasteiger partial charge in [-0.1, -0.05) is 34.1 Å². The third-order valence-electron chi connectivity index (χ3n) is 3.73. The van der Waals surface area contributed by atoms with Gasteiger partial charge in [-0.3, -0.25) is 9.59 Å². The van der Waals surface area contributed by atoms with Crippen LogP contribution in [0.2, 0.25) is 0 Å². The van der Waals surface area contributed by atoms with Crippen molar-refractivity contribution in [3.05, 3.63) is 0 Å². The summed E-state index contributed by atoms with van der Waals surface area (Å²) in [6.45, 7) is 8.95. The summed E-state index contributed by atoms with van der Waals surface area (Å²) in [5, 5.41) is 11.5. The fraction of sp³-hybridized carbons (Fsp3) is 0.800. The molecule has 0 spiro atoms. The van der Waals surface area contributed by atoms with Gasteiger partial charge < -0.3 is 19.9 Å². The number of nitrogens with one attached hydrogen (secondary N) is 1. The van der Waals surface area contributed by atoms with Gasteiger partial charge in [0.2, 0.25) is 6.29 Å². The summed E-state index contributed by atoms with van der Waals surface area (Å²) in [6, 6.07) is -0.547. The molecule has 0 heterocycles. The molecule has 0 aliphatic carbocycles. The molecule has 0 aromatic heterocycles. The molecule has 0 unspecified atom stereocenters. The monoisotopic (exact) mass is 317 g/mol. The highest BCUT2D eigenvalue weighted by atomic mass is 16.7. The molecule has 7 heteroatoms. The van der Waals surface area contributed by atoms with Gasteiger partial charge in [-0.25, -0.2) is 4.79 Å². The summed E-state index contributed by atoms with van der Waals surface area (Å²) < 4.78 is 9.74. The van der Waals surface area contributed by atoms with Crippen LogP contribution in [-0.4, -0.2) is 35.5 Å². The van der Waals surface area contributed by atoms with Gasteiger partial charge >= 0.3 is 18.0 Å². The lowest BCUT2D eigenvalue weighted by Crippen LogP contribution is -2.44. The SMILES string of the molecule is CCC(=O)O[C@@H](C)OC(=O)N[C@H](CC(=O)O)[C@H](C)[C@H](C)CC. The quantitative estimate of drug-likeness (QED) is 0.500. The van der Waals surface area contributed by atoms with E-state index in [1.165, 1.54) is 6.92 Å². The number of carboxylic acid groups (broad SMARTS) is 1. The number of carbonyl (C=O) groups is 3. The molecule has 1 amide bonds. The fourth-order valence-electron chi connectivity index (χ4n) is 1.95. The molecular weight excluding hydrogens is 290 g/mol. The van der Waals surface area contributed by atoms with Crippen LogP contribution in [0.3, 0.4) is 0 Å². The topological polar surface area (TPSA) is 102 Å². The average molecular weight is 317 g/mol. The van der Waals surface area contributed by atoms with Gasteiger partial charge in [0.1, 0.15) is 0 Å². The van der Waals surface area contributed by atoms with Gasteiger partial charge in [0.05, 0.1) is 6.42 Å². The van der Waals surface area contributed by atoms with Gasteiger partial charge in [0.15, 0.2) is 0 Å². The van der Waals surface area contributed by atoms with E-state index in [-0.39, 0.29) is 24.7 Å². The summed E-state index contributed by atoms with van der Waals surface area (Å²) in [6.07, 6.45) is -0.945. The molecule has 0 fully saturated rings. The predicted octanol–water partition coefficient (Wildman–Crippen LogP) is 2.54. The zero-order chi connectivity index (χ0) is 17.3. The molecule has 0 aromatic rings. The Morgan fingerprint density at radius 2 is 1.68 bits per heavy atom. The number of carboxylic acids is 1. The first-order chi connectivity index (χ1) is 10.2. The molecule has 0 bridgehead atoms. The highest BCUT2D eigenvalue weighted by Gasteiger charge is 2.27. The number of amides is 1. The van der Waals surface area contributed by atoms with Gasteiger partial charge in [-0.2, -0.15) is 0 Å². The Morgan fingerprint density at radius 1 is 1.09 bits per heavy atom. The third kappa shape index (κ3) is 7.85. The molecule has 2 N–H and O–H groups in total. The van der Waals surface area contributed by atoms with Crippen molar-refractivity contribution < 1.29 is 29.0 Å². The molecule has 0 aliphatic rings. The number of hydrogen-bond acceptors (Lipinski definition) is 5. The lowest BCUT2D eigenvalue weighted by molar-refractivity contribution is -0.164. The van der Waals surface area contributed by atoms with Crippen LogP contribution in [0.5, 0.6) is 0 Å². The van der Waals surface area contributed by atoms with Crippen molar-refractivity contribution in [3.8, 4) is 0 Å². The van der Waals surface area contributed by atoms with Crippen molar-refractivity contribution in [2.24, 2.45) is 11.8 Å². The minimum Gasteiger partial charge on any atom is -0.481 e. The lowest BCUT2D eigenvalue weighted by atomic mass is 9.85. The van der Waals surface area contributed by atoms with Crippen LogP contribution >= 0.6 is 0 Å². The minimum atomic E-state index is -1.02. The Balaban J connectivity index is 4.61. The maximum atomic E-state index is 11.8. The zero-order valence-corrected chi connectivity index (χ0v) is 13.9. The van der Waals surface area contributed by atoms with Gasteiger partial charge in [0.25, 0.3) is 0 Å². The summed E-state index contributed by atoms with van der Waals surface area (Å²) in [5.41, 5.74) is 0. The number of aliphatic carboxylic acids is 1. The number of ether oxygens (including phenoxy) is 2. The van der Waals surface area contributed by atoms with Gasteiger partial charge in [-0.05, 0) is 11.8 Å². The Kier molecular flexibility index (Phi) is 9.21. The van der Waals surface area contributed by atoms with Crippen molar-refractivity contribution in [3.63, 3.8) is 0 Å². The van der Waals surface area contributed by atoms with Crippen LogP contribution in [0.15, 0.2) is 0 Å². The lowest BCUT2D eigenvalue weighted by Gasteiger charge is -2.28. The maximum absolute atomic E-state index is 11.8. The average Bonchev–Trinajstić information content (AvgIpc) is 2.43. The summed E-state index contributed by atoms with van der Waals surface area (Å²) in [7, 11) is 0. The number of carbonyl (C=O) groups excluding carboxylic acids is 2. The van der Waals surface area contributed by atoms with Crippen molar-refractivity contribution in [2.75, 3.05) is 0 Å². The number of alkyl carbamates (subject to hydrolysis) is 1. The maximum Gasteiger partial charge on any atom is 0.410 e. The molecule has 128 valence electrons. The molecule has 4 atom stereocenters. The van der Waals surface area contributed by atoms with E-state index in [0.717, 1.165) is 6.42 Å². The summed E-state index contributed by atoms with van der Waals surface area (Å²) in [5.74, 6) is -1.25. The second-order valence-electron chi connectivity index (χ2n) is 5.41. The van der Waals surface area contributed by atoms with Crippen LogP contribution in [0.25, 0.3) is 0 Å². The van der Waals surface area contributed by atoms with E-state index < -0.39 is 30.4 Å². The van der Waals surface area contributed by atoms with E-state index in [9.17, 15) is 14.4 Å². The minimum absolute atomic E-state index is 0.0258. The molecule has 0 radical (unpaired) electrons. The second-order valence-corrected chi connectivity index (χ2v) is 5.41. The van der Waals surface area contributed by atoms with E-state index in [0.29, 0.717) is 0 Å². The largest absolute Gasteiger partial charge is 0.481 e. The second kappa shape index (κ2) is 10.0. The van der Waals surface area contributed by atoms with Crippen LogP contribution < -0.4 is 5.32 Å². The van der Waals surface area contributed by atoms with E-state index in [1.807, 2.05) is 20.8 Å². The predicted molar refractivity (Wildman–Crippen MR) is 80.1 cm³/mol. The number of hydrogen-bond donors (Lipinski definition) is 2. The van der Waals surface area contributed by atoms with Crippen LogP contribution in [0, 0.1) is 11.8 Å². The molecule has 0 aromatic carbocycles. The Bertz CT molecular complexity index is 384. The van der Waals surface area contributed by atoms with E-state index in [1.54, 1.807) is 6.92 Å². The Labute approximate surface area is 131 Å². The normalized spacial score (nSPS) is 16.0. The van der Waals surface area contributed by atoms with Crippen molar-refractivity contribution in [2.45, 2.75) is 66.2 Å². The number of esters is 1. The molecule has 0 aliphatic heterocycles. The van der Waals surface area contributed by atoms with Crippen LogP contribution in [-0.2, 0) is 19.1 Å². The fourth-order valence-corrected chi connectivity index (χ4v) is 1.95. The molecule has 22 heavy (non-hydrogen) atoms. The molecular formula is C15H27NO6. The third-order valence-corrected chi connectivity index (χ3v) is 3.73. The first-order valence-corrected chi connectivity index (χ1v) is 7.59. The first-order valence-electron chi connectivity index (χ1n) is 7.59. The number of rotatable bonds is 9. The van der Waals surface area contributed by atoms with Crippen molar-refractivity contribution in [1.82, 2.24) is 5.32 Å². The van der Waals surface area contributed by atoms with Crippen molar-refractivity contribution in [1.29, 1.82) is 0 Å². The van der Waals surface area contributed by atoms with Crippen LogP contribution in [0.4, 0.5) is 4.79 Å². The summed E-state index contributed by atoms with van der Waals surface area (Å²) >= 11 is 0. The highest BCUT2D eigenvalue weighted by Crippen LogP contribution is 2.20. The van der Waals surface area contributed by atoms with Crippen molar-refractivity contribution >= 4 is 18.0 Å². The molecule has 7 nitrogen and oxygen atoms in total.